The lowest BCUT2D eigenvalue weighted by Crippen LogP contribution is -2.59. The Bertz CT molecular complexity index is 677. The van der Waals surface area contributed by atoms with Gasteiger partial charge in [-0.3, -0.25) is 57.3 Å². The predicted octanol–water partition coefficient (Wildman–Crippen LogP) is -2.97. The van der Waals surface area contributed by atoms with Crippen molar-refractivity contribution in [1.82, 2.24) is 15.0 Å². The minimum absolute atomic E-state index is 0.0231. The Balaban J connectivity index is -0.000000514. The van der Waals surface area contributed by atoms with Crippen molar-refractivity contribution in [3.8, 4) is 0 Å². The van der Waals surface area contributed by atoms with Crippen LogP contribution in [0.25, 0.3) is 0 Å². The zero-order valence-electron chi connectivity index (χ0n) is 22.4. The Labute approximate surface area is 241 Å². The van der Waals surface area contributed by atoms with Gasteiger partial charge in [0, 0.05) is 25.7 Å². The summed E-state index contributed by atoms with van der Waals surface area (Å²) < 4.78 is 17.8. The lowest BCUT2D eigenvalue weighted by molar-refractivity contribution is -0.465. The smallest absolute Gasteiger partial charge is 0.186 e. The van der Waals surface area contributed by atoms with Crippen molar-refractivity contribution in [2.75, 3.05) is 26.4 Å². The van der Waals surface area contributed by atoms with E-state index in [0.29, 0.717) is 31.7 Å². The van der Waals surface area contributed by atoms with Crippen molar-refractivity contribution in [2.45, 2.75) is 62.8 Å². The highest BCUT2D eigenvalue weighted by atomic mass is 17.4. The molecule has 0 amide bonds. The maximum atomic E-state index is 9.89. The molecule has 0 spiro atoms. The summed E-state index contributed by atoms with van der Waals surface area (Å²) in [4.78, 5) is 0. The Hall–Kier alpha value is -1.74. The number of rotatable bonds is 11. The molecule has 1 aromatic heterocycles. The second-order valence-corrected chi connectivity index (χ2v) is 7.90. The molecule has 1 saturated carbocycles. The van der Waals surface area contributed by atoms with E-state index in [4.69, 9.17) is 82.4 Å². The Morgan fingerprint density at radius 1 is 0.814 bits per heavy atom. The third kappa shape index (κ3) is 18.6. The van der Waals surface area contributed by atoms with Crippen LogP contribution in [0.15, 0.2) is 6.20 Å². The van der Waals surface area contributed by atoms with Crippen molar-refractivity contribution in [1.29, 1.82) is 0 Å². The molecule has 1 saturated heterocycles. The molecule has 2 heterocycles. The Morgan fingerprint density at radius 3 is 1.86 bits per heavy atom. The van der Waals surface area contributed by atoms with Gasteiger partial charge in [0.05, 0.1) is 32.1 Å². The molecular formula is C18H43N3O22. The van der Waals surface area contributed by atoms with Crippen molar-refractivity contribution >= 4 is 0 Å². The van der Waals surface area contributed by atoms with Crippen LogP contribution < -0.4 is 0 Å². The van der Waals surface area contributed by atoms with Gasteiger partial charge in [-0.1, -0.05) is 10.3 Å². The van der Waals surface area contributed by atoms with E-state index in [0.717, 1.165) is 0 Å². The number of hydrogen-bond donors (Lipinski definition) is 18. The molecule has 1 aromatic rings. The highest BCUT2D eigenvalue weighted by Crippen LogP contribution is 2.35. The highest BCUT2D eigenvalue weighted by molar-refractivity contribution is 4.93. The number of ether oxygens (including phenoxy) is 3. The molecule has 8 atom stereocenters. The van der Waals surface area contributed by atoms with E-state index in [1.165, 1.54) is 0 Å². The number of nitrogens with zero attached hydrogens (tertiary/aromatic N) is 3. The first-order valence-corrected chi connectivity index (χ1v) is 11.5. The topological polar surface area (TPSA) is 432 Å². The molecule has 25 heteroatoms. The first-order chi connectivity index (χ1) is 20.9. The molecule has 0 bridgehead atoms. The van der Waals surface area contributed by atoms with E-state index in [1.54, 1.807) is 10.9 Å². The lowest BCUT2D eigenvalue weighted by atomic mass is 9.71. The number of aliphatic hydroxyl groups is 6. The largest absolute Gasteiger partial charge is 0.396 e. The molecule has 1 aliphatic heterocycles. The molecule has 262 valence electrons. The minimum Gasteiger partial charge on any atom is -0.396 e. The quantitative estimate of drug-likeness (QED) is 0.0643. The number of hydrogen-bond acceptors (Lipinski definition) is 24. The summed E-state index contributed by atoms with van der Waals surface area (Å²) in [5.74, 6) is 0.0673. The minimum atomic E-state index is -1.46. The fourth-order valence-corrected chi connectivity index (χ4v) is 3.71. The van der Waals surface area contributed by atoms with E-state index >= 15 is 0 Å². The Kier molecular flexibility index (Phi) is 37.1. The molecule has 3 rings (SSSR count). The third-order valence-corrected chi connectivity index (χ3v) is 5.68. The van der Waals surface area contributed by atoms with Crippen LogP contribution in [0, 0.1) is 11.8 Å². The van der Waals surface area contributed by atoms with Gasteiger partial charge in [0.15, 0.2) is 6.29 Å². The fraction of sp³-hybridized carbons (Fsp3) is 0.889. The van der Waals surface area contributed by atoms with Gasteiger partial charge in [0.1, 0.15) is 30.1 Å². The molecule has 2 aliphatic rings. The van der Waals surface area contributed by atoms with Crippen LogP contribution in [0.2, 0.25) is 0 Å². The molecule has 0 radical (unpaired) electrons. The van der Waals surface area contributed by atoms with Gasteiger partial charge in [0.2, 0.25) is 0 Å². The van der Waals surface area contributed by atoms with Crippen LogP contribution in [0.5, 0.6) is 0 Å². The summed E-state index contributed by atoms with van der Waals surface area (Å²) in [6.07, 6.45) is -4.03. The van der Waals surface area contributed by atoms with Gasteiger partial charge in [-0.15, -0.1) is 5.10 Å². The van der Waals surface area contributed by atoms with Crippen LogP contribution in [0.1, 0.15) is 18.5 Å². The standard InChI is InChI=1S/C18H31N3O9.H2O3.5H2O2/c22-7-10-4-13(24)12(10)6-21-5-11(19-20-21)9-28-2-1-3-29-18-17(27)16(26)15(25)14(8-23)30-18;1-3-2;5*1-2/h5,10,12-18,22-27H,1-4,6-9H2;1-2H;5*1-2H. The highest BCUT2D eigenvalue weighted by Gasteiger charge is 2.44. The van der Waals surface area contributed by atoms with Crippen molar-refractivity contribution in [3.63, 3.8) is 0 Å². The Morgan fingerprint density at radius 2 is 1.37 bits per heavy atom. The van der Waals surface area contributed by atoms with E-state index in [2.05, 4.69) is 15.4 Å². The van der Waals surface area contributed by atoms with Gasteiger partial charge in [-0.25, -0.2) is 10.5 Å². The zero-order valence-corrected chi connectivity index (χ0v) is 22.4. The maximum Gasteiger partial charge on any atom is 0.186 e. The normalized spacial score (nSPS) is 26.7. The third-order valence-electron chi connectivity index (χ3n) is 5.68. The summed E-state index contributed by atoms with van der Waals surface area (Å²) in [6.45, 7) is 0.811. The predicted molar refractivity (Wildman–Crippen MR) is 131 cm³/mol. The van der Waals surface area contributed by atoms with Crippen LogP contribution in [-0.4, -0.2) is 172 Å². The molecule has 43 heavy (non-hydrogen) atoms. The summed E-state index contributed by atoms with van der Waals surface area (Å²) >= 11 is 0. The van der Waals surface area contributed by atoms with Crippen LogP contribution >= 0.6 is 0 Å². The van der Waals surface area contributed by atoms with Crippen molar-refractivity contribution in [3.05, 3.63) is 11.9 Å². The van der Waals surface area contributed by atoms with E-state index in [-0.39, 0.29) is 31.7 Å². The second-order valence-electron chi connectivity index (χ2n) is 7.90. The van der Waals surface area contributed by atoms with Crippen LogP contribution in [0.4, 0.5) is 0 Å². The van der Waals surface area contributed by atoms with Crippen molar-refractivity contribution in [2.24, 2.45) is 11.8 Å². The van der Waals surface area contributed by atoms with Gasteiger partial charge in [-0.2, -0.15) is 0 Å². The average Bonchev–Trinajstić information content (AvgIpc) is 3.52. The summed E-state index contributed by atoms with van der Waals surface area (Å²) in [6, 6.07) is 0. The monoisotopic (exact) mass is 653 g/mol. The first-order valence-electron chi connectivity index (χ1n) is 11.5. The van der Waals surface area contributed by atoms with Crippen LogP contribution in [-0.2, 0) is 32.4 Å². The van der Waals surface area contributed by atoms with Gasteiger partial charge in [0.25, 0.3) is 0 Å². The lowest BCUT2D eigenvalue weighted by Gasteiger charge is -2.40. The fourth-order valence-electron chi connectivity index (χ4n) is 3.71. The molecule has 0 aromatic carbocycles. The van der Waals surface area contributed by atoms with Gasteiger partial charge in [-0.05, 0) is 18.8 Å². The second kappa shape index (κ2) is 33.2. The molecule has 25 nitrogen and oxygen atoms in total. The molecule has 18 N–H and O–H groups in total. The number of aromatic nitrogens is 3. The molecule has 8 unspecified atom stereocenters. The van der Waals surface area contributed by atoms with Crippen LogP contribution in [0.3, 0.4) is 0 Å². The summed E-state index contributed by atoms with van der Waals surface area (Å²) in [5.41, 5.74) is 0.638. The molecule has 1 aliphatic carbocycles. The maximum absolute atomic E-state index is 9.89. The average molecular weight is 654 g/mol. The van der Waals surface area contributed by atoms with Gasteiger partial charge < -0.3 is 44.8 Å². The summed E-state index contributed by atoms with van der Waals surface area (Å²) in [7, 11) is 0. The summed E-state index contributed by atoms with van der Waals surface area (Å²) in [5, 5.41) is 141. The SMILES string of the molecule is OCC1CC(O)C1Cn1cc(COCCCOC2OC(CO)C(O)C(O)C2O)nn1.OO.OO.OO.OO.OO.OOO. The number of aliphatic hydroxyl groups excluding tert-OH is 6. The van der Waals surface area contributed by atoms with E-state index in [9.17, 15) is 25.5 Å². The molecule has 2 fully saturated rings. The zero-order chi connectivity index (χ0) is 34.4. The van der Waals surface area contributed by atoms with Gasteiger partial charge >= 0.3 is 0 Å². The van der Waals surface area contributed by atoms with E-state index < -0.39 is 43.4 Å². The van der Waals surface area contributed by atoms with Crippen molar-refractivity contribution < 1.29 is 113 Å². The first kappa shape index (κ1) is 48.2. The van der Waals surface area contributed by atoms with E-state index in [1.807, 2.05) is 0 Å². The molecular weight excluding hydrogens is 610 g/mol.